The highest BCUT2D eigenvalue weighted by molar-refractivity contribution is 5.45. The molecule has 0 bridgehead atoms. The van der Waals surface area contributed by atoms with Gasteiger partial charge in [0.15, 0.2) is 5.57 Å². The molecule has 0 heterocycles. The molecule has 0 N–H and O–H groups in total. The van der Waals surface area contributed by atoms with Gasteiger partial charge in [0.1, 0.15) is 11.0 Å². The number of allylic oxidation sites excluding steroid dienone is 4. The first-order valence-electron chi connectivity index (χ1n) is 2.97. The van der Waals surface area contributed by atoms with Gasteiger partial charge in [0, 0.05) is 0 Å². The minimum absolute atomic E-state index is 0.140. The molecule has 0 spiro atoms. The summed E-state index contributed by atoms with van der Waals surface area (Å²) in [5.74, 6) is -2.38. The zero-order chi connectivity index (χ0) is 9.30. The molecule has 0 atom stereocenters. The molecular formula is C7H4F2NO2+. The van der Waals surface area contributed by atoms with Crippen LogP contribution in [0.4, 0.5) is 8.78 Å². The molecule has 0 aliphatic heterocycles. The first-order chi connectivity index (χ1) is 5.52. The second-order valence-electron chi connectivity index (χ2n) is 2.15. The molecule has 1 rings (SSSR count). The predicted octanol–water partition coefficient (Wildman–Crippen LogP) is 2.07. The quantitative estimate of drug-likeness (QED) is 0.345. The van der Waals surface area contributed by atoms with Crippen LogP contribution in [-0.4, -0.2) is 4.92 Å². The minimum atomic E-state index is -1.24. The SMILES string of the molecule is C=C1[CH+]C(F)=C(F)C=C1[N+](=O)[O-]. The Morgan fingerprint density at radius 1 is 1.58 bits per heavy atom. The number of halogens is 2. The number of hydrogen-bond donors (Lipinski definition) is 0. The van der Waals surface area contributed by atoms with Crippen LogP contribution in [0.1, 0.15) is 0 Å². The van der Waals surface area contributed by atoms with Crippen molar-refractivity contribution in [2.75, 3.05) is 0 Å². The van der Waals surface area contributed by atoms with Crippen molar-refractivity contribution in [3.8, 4) is 0 Å². The lowest BCUT2D eigenvalue weighted by Gasteiger charge is -1.98. The summed E-state index contributed by atoms with van der Waals surface area (Å²) in [6.07, 6.45) is 1.20. The Balaban J connectivity index is 3.09. The number of rotatable bonds is 1. The van der Waals surface area contributed by atoms with E-state index in [0.29, 0.717) is 12.5 Å². The maximum atomic E-state index is 12.4. The summed E-state index contributed by atoms with van der Waals surface area (Å²) in [5, 5.41) is 10.2. The highest BCUT2D eigenvalue weighted by atomic mass is 19.2. The standard InChI is InChI=1S/C7H4F2NO2/c1-4-2-5(8)6(9)3-7(4)10(11)12/h2-3H,1H2/q+1. The Labute approximate surface area is 66.8 Å². The average molecular weight is 172 g/mol. The Hall–Kier alpha value is -1.65. The van der Waals surface area contributed by atoms with E-state index in [4.69, 9.17) is 0 Å². The van der Waals surface area contributed by atoms with Gasteiger partial charge < -0.3 is 0 Å². The third-order valence-corrected chi connectivity index (χ3v) is 1.32. The van der Waals surface area contributed by atoms with E-state index in [9.17, 15) is 18.9 Å². The van der Waals surface area contributed by atoms with Crippen LogP contribution in [-0.2, 0) is 0 Å². The van der Waals surface area contributed by atoms with Crippen LogP contribution < -0.4 is 0 Å². The molecule has 0 saturated carbocycles. The molecule has 0 aromatic carbocycles. The van der Waals surface area contributed by atoms with Gasteiger partial charge in [0.05, 0.1) is 6.42 Å². The second kappa shape index (κ2) is 2.77. The van der Waals surface area contributed by atoms with Crippen molar-refractivity contribution in [3.05, 3.63) is 52.1 Å². The molecule has 1 aliphatic rings. The molecule has 0 amide bonds. The third kappa shape index (κ3) is 1.34. The summed E-state index contributed by atoms with van der Waals surface area (Å²) < 4.78 is 24.8. The van der Waals surface area contributed by atoms with E-state index in [-0.39, 0.29) is 5.57 Å². The molecule has 0 aromatic heterocycles. The van der Waals surface area contributed by atoms with Crippen LogP contribution in [0.2, 0.25) is 0 Å². The summed E-state index contributed by atoms with van der Waals surface area (Å²) in [4.78, 5) is 9.35. The average Bonchev–Trinajstić information content (AvgIpc) is 1.96. The van der Waals surface area contributed by atoms with Crippen molar-refractivity contribution in [2.24, 2.45) is 0 Å². The van der Waals surface area contributed by atoms with Crippen LogP contribution in [0.5, 0.6) is 0 Å². The zero-order valence-electron chi connectivity index (χ0n) is 5.88. The van der Waals surface area contributed by atoms with Crippen molar-refractivity contribution in [1.82, 2.24) is 0 Å². The van der Waals surface area contributed by atoms with Crippen molar-refractivity contribution >= 4 is 0 Å². The highest BCUT2D eigenvalue weighted by Gasteiger charge is 2.33. The summed E-state index contributed by atoms with van der Waals surface area (Å²) in [5.41, 5.74) is -0.659. The maximum Gasteiger partial charge on any atom is 0.364 e. The fraction of sp³-hybridized carbons (Fsp3) is 0. The molecule has 5 heteroatoms. The van der Waals surface area contributed by atoms with E-state index < -0.39 is 22.3 Å². The molecule has 0 aromatic rings. The molecule has 62 valence electrons. The normalized spacial score (nSPS) is 17.2. The van der Waals surface area contributed by atoms with Crippen LogP contribution in [0.25, 0.3) is 0 Å². The first-order valence-corrected chi connectivity index (χ1v) is 2.97. The minimum Gasteiger partial charge on any atom is -0.249 e. The monoisotopic (exact) mass is 172 g/mol. The molecule has 1 aliphatic carbocycles. The number of nitro groups is 1. The summed E-state index contributed by atoms with van der Waals surface area (Å²) in [7, 11) is 0. The van der Waals surface area contributed by atoms with Gasteiger partial charge in [0.25, 0.3) is 0 Å². The fourth-order valence-corrected chi connectivity index (χ4v) is 0.747. The van der Waals surface area contributed by atoms with Gasteiger partial charge in [-0.05, 0) is 6.58 Å². The molecule has 0 saturated heterocycles. The van der Waals surface area contributed by atoms with E-state index in [1.165, 1.54) is 0 Å². The van der Waals surface area contributed by atoms with Gasteiger partial charge in [-0.2, -0.15) is 4.39 Å². The molecule has 12 heavy (non-hydrogen) atoms. The zero-order valence-corrected chi connectivity index (χ0v) is 5.88. The summed E-state index contributed by atoms with van der Waals surface area (Å²) >= 11 is 0. The smallest absolute Gasteiger partial charge is 0.249 e. The second-order valence-corrected chi connectivity index (χ2v) is 2.15. The lowest BCUT2D eigenvalue weighted by Crippen LogP contribution is -2.06. The van der Waals surface area contributed by atoms with Crippen molar-refractivity contribution < 1.29 is 13.7 Å². The Morgan fingerprint density at radius 3 is 2.67 bits per heavy atom. The number of hydrogen-bond acceptors (Lipinski definition) is 2. The van der Waals surface area contributed by atoms with E-state index in [2.05, 4.69) is 6.58 Å². The Morgan fingerprint density at radius 2 is 2.17 bits per heavy atom. The largest absolute Gasteiger partial charge is 0.364 e. The molecule has 0 radical (unpaired) electrons. The van der Waals surface area contributed by atoms with E-state index in [0.717, 1.165) is 0 Å². The van der Waals surface area contributed by atoms with Crippen LogP contribution in [0.3, 0.4) is 0 Å². The van der Waals surface area contributed by atoms with Gasteiger partial charge in [-0.15, -0.1) is 4.39 Å². The van der Waals surface area contributed by atoms with Gasteiger partial charge in [-0.3, -0.25) is 0 Å². The van der Waals surface area contributed by atoms with Crippen LogP contribution >= 0.6 is 0 Å². The Bertz CT molecular complexity index is 317. The Kier molecular flexibility index (Phi) is 1.95. The predicted molar refractivity (Wildman–Crippen MR) is 37.8 cm³/mol. The van der Waals surface area contributed by atoms with E-state index >= 15 is 0 Å². The number of nitrogens with zero attached hydrogens (tertiary/aromatic N) is 1. The van der Waals surface area contributed by atoms with E-state index in [1.54, 1.807) is 0 Å². The molecular weight excluding hydrogens is 168 g/mol. The summed E-state index contributed by atoms with van der Waals surface area (Å²) in [6, 6.07) is 0. The molecule has 3 nitrogen and oxygen atoms in total. The maximum absolute atomic E-state index is 12.4. The first kappa shape index (κ1) is 8.45. The van der Waals surface area contributed by atoms with Crippen molar-refractivity contribution in [1.29, 1.82) is 0 Å². The van der Waals surface area contributed by atoms with Crippen molar-refractivity contribution in [2.45, 2.75) is 0 Å². The van der Waals surface area contributed by atoms with Gasteiger partial charge >= 0.3 is 5.70 Å². The lowest BCUT2D eigenvalue weighted by atomic mass is 10.1. The lowest BCUT2D eigenvalue weighted by molar-refractivity contribution is -0.420. The van der Waals surface area contributed by atoms with Crippen LogP contribution in [0, 0.1) is 16.5 Å². The van der Waals surface area contributed by atoms with E-state index in [1.807, 2.05) is 0 Å². The topological polar surface area (TPSA) is 43.1 Å². The third-order valence-electron chi connectivity index (χ3n) is 1.32. The summed E-state index contributed by atoms with van der Waals surface area (Å²) in [6.45, 7) is 3.20. The van der Waals surface area contributed by atoms with Gasteiger partial charge in [-0.1, -0.05) is 0 Å². The molecule has 0 unspecified atom stereocenters. The van der Waals surface area contributed by atoms with Crippen molar-refractivity contribution in [3.63, 3.8) is 0 Å². The fourth-order valence-electron chi connectivity index (χ4n) is 0.747. The van der Waals surface area contributed by atoms with Gasteiger partial charge in [-0.25, -0.2) is 10.1 Å². The highest BCUT2D eigenvalue weighted by Crippen LogP contribution is 2.28. The molecule has 0 fully saturated rings. The van der Waals surface area contributed by atoms with Gasteiger partial charge in [0.2, 0.25) is 11.7 Å². The van der Waals surface area contributed by atoms with Crippen LogP contribution in [0.15, 0.2) is 35.6 Å².